The van der Waals surface area contributed by atoms with Crippen LogP contribution in [0.4, 0.5) is 0 Å². The van der Waals surface area contributed by atoms with E-state index >= 15 is 0 Å². The predicted molar refractivity (Wildman–Crippen MR) is 77.4 cm³/mol. The van der Waals surface area contributed by atoms with Gasteiger partial charge >= 0.3 is 0 Å². The van der Waals surface area contributed by atoms with Crippen molar-refractivity contribution < 1.29 is 9.84 Å². The Bertz CT molecular complexity index is 616. The van der Waals surface area contributed by atoms with Gasteiger partial charge in [0.15, 0.2) is 0 Å². The number of nitrogens with zero attached hydrogens (tertiary/aromatic N) is 1. The first-order chi connectivity index (χ1) is 9.74. The van der Waals surface area contributed by atoms with E-state index in [1.807, 2.05) is 49.4 Å². The second-order valence-corrected chi connectivity index (χ2v) is 4.71. The highest BCUT2D eigenvalue weighted by atomic mass is 16.5. The van der Waals surface area contributed by atoms with Crippen LogP contribution in [0.1, 0.15) is 29.5 Å². The molecule has 3 heteroatoms. The van der Waals surface area contributed by atoms with Crippen LogP contribution < -0.4 is 4.74 Å². The third kappa shape index (κ3) is 3.37. The van der Waals surface area contributed by atoms with Crippen molar-refractivity contribution in [3.05, 3.63) is 65.2 Å². The summed E-state index contributed by atoms with van der Waals surface area (Å²) in [7, 11) is 0. The minimum Gasteiger partial charge on any atom is -0.489 e. The van der Waals surface area contributed by atoms with E-state index in [1.165, 1.54) is 0 Å². The van der Waals surface area contributed by atoms with Gasteiger partial charge < -0.3 is 9.84 Å². The number of ether oxygens (including phenoxy) is 1. The van der Waals surface area contributed by atoms with Crippen LogP contribution in [-0.4, -0.2) is 11.7 Å². The summed E-state index contributed by atoms with van der Waals surface area (Å²) in [5.74, 6) is 0.834. The quantitative estimate of drug-likeness (QED) is 0.904. The maximum Gasteiger partial charge on any atom is 0.120 e. The van der Waals surface area contributed by atoms with Crippen LogP contribution in [0.15, 0.2) is 48.5 Å². The lowest BCUT2D eigenvalue weighted by Gasteiger charge is -2.12. The lowest BCUT2D eigenvalue weighted by Crippen LogP contribution is -2.01. The molecule has 0 spiro atoms. The van der Waals surface area contributed by atoms with Crippen molar-refractivity contribution in [1.29, 1.82) is 5.26 Å². The Kier molecular flexibility index (Phi) is 4.75. The highest BCUT2D eigenvalue weighted by molar-refractivity contribution is 5.37. The molecule has 0 bridgehead atoms. The zero-order valence-electron chi connectivity index (χ0n) is 11.4. The Balaban J connectivity index is 2.10. The van der Waals surface area contributed by atoms with E-state index < -0.39 is 0 Å². The van der Waals surface area contributed by atoms with Crippen molar-refractivity contribution in [2.75, 3.05) is 6.61 Å². The second-order valence-electron chi connectivity index (χ2n) is 4.71. The Labute approximate surface area is 119 Å². The first kappa shape index (κ1) is 14.1. The first-order valence-corrected chi connectivity index (χ1v) is 6.56. The molecule has 1 atom stereocenters. The number of aliphatic hydroxyl groups is 1. The summed E-state index contributed by atoms with van der Waals surface area (Å²) in [4.78, 5) is 0. The molecule has 2 aromatic carbocycles. The van der Waals surface area contributed by atoms with E-state index in [-0.39, 0.29) is 12.5 Å². The zero-order chi connectivity index (χ0) is 14.4. The van der Waals surface area contributed by atoms with Crippen LogP contribution >= 0.6 is 0 Å². The van der Waals surface area contributed by atoms with Gasteiger partial charge in [-0.15, -0.1) is 0 Å². The van der Waals surface area contributed by atoms with Gasteiger partial charge in [-0.3, -0.25) is 0 Å². The van der Waals surface area contributed by atoms with E-state index in [2.05, 4.69) is 6.07 Å². The number of rotatable bonds is 5. The molecule has 0 amide bonds. The van der Waals surface area contributed by atoms with Crippen molar-refractivity contribution in [2.45, 2.75) is 19.4 Å². The van der Waals surface area contributed by atoms with E-state index in [0.29, 0.717) is 12.2 Å². The highest BCUT2D eigenvalue weighted by Crippen LogP contribution is 2.21. The normalized spacial score (nSPS) is 11.7. The van der Waals surface area contributed by atoms with Crippen LogP contribution in [0.3, 0.4) is 0 Å². The molecule has 0 aliphatic rings. The summed E-state index contributed by atoms with van der Waals surface area (Å²) in [6.45, 7) is 2.44. The van der Waals surface area contributed by atoms with Crippen molar-refractivity contribution in [2.24, 2.45) is 0 Å². The minimum absolute atomic E-state index is 0.0879. The molecule has 2 rings (SSSR count). The summed E-state index contributed by atoms with van der Waals surface area (Å²) in [6.07, 6.45) is 0. The molecule has 0 aromatic heterocycles. The van der Waals surface area contributed by atoms with Crippen molar-refractivity contribution in [3.8, 4) is 11.8 Å². The summed E-state index contributed by atoms with van der Waals surface area (Å²) < 4.78 is 5.74. The van der Waals surface area contributed by atoms with Crippen molar-refractivity contribution >= 4 is 0 Å². The molecule has 2 aromatic rings. The van der Waals surface area contributed by atoms with Crippen LogP contribution in [-0.2, 0) is 6.61 Å². The summed E-state index contributed by atoms with van der Waals surface area (Å²) >= 11 is 0. The summed E-state index contributed by atoms with van der Waals surface area (Å²) in [6, 6.07) is 17.2. The fourth-order valence-electron chi connectivity index (χ4n) is 1.93. The Morgan fingerprint density at radius 3 is 2.75 bits per heavy atom. The molecule has 0 radical (unpaired) electrons. The largest absolute Gasteiger partial charge is 0.489 e. The topological polar surface area (TPSA) is 53.2 Å². The molecular weight excluding hydrogens is 250 g/mol. The van der Waals surface area contributed by atoms with Crippen LogP contribution in [0, 0.1) is 11.3 Å². The minimum atomic E-state index is 0.0879. The molecule has 1 N–H and O–H groups in total. The number of benzene rings is 2. The molecule has 20 heavy (non-hydrogen) atoms. The molecule has 0 fully saturated rings. The standard InChI is InChI=1S/C17H17NO2/c1-13(11-19)14-7-4-8-17(9-14)20-12-16-6-3-2-5-15(16)10-18/h2-9,13,19H,11-12H2,1H3/t13-/m0/s1. The summed E-state index contributed by atoms with van der Waals surface area (Å²) in [5, 5.41) is 18.2. The molecule has 0 aliphatic heterocycles. The predicted octanol–water partition coefficient (Wildman–Crippen LogP) is 3.23. The number of nitriles is 1. The molecule has 3 nitrogen and oxygen atoms in total. The number of hydrogen-bond acceptors (Lipinski definition) is 3. The van der Waals surface area contributed by atoms with Gasteiger partial charge in [-0.2, -0.15) is 5.26 Å². The first-order valence-electron chi connectivity index (χ1n) is 6.56. The fourth-order valence-corrected chi connectivity index (χ4v) is 1.93. The monoisotopic (exact) mass is 267 g/mol. The second kappa shape index (κ2) is 6.74. The molecule has 0 aliphatic carbocycles. The third-order valence-electron chi connectivity index (χ3n) is 3.23. The fraction of sp³-hybridized carbons (Fsp3) is 0.235. The van der Waals surface area contributed by atoms with E-state index in [4.69, 9.17) is 10.00 Å². The maximum atomic E-state index is 9.18. The maximum absolute atomic E-state index is 9.18. The van der Waals surface area contributed by atoms with E-state index in [0.717, 1.165) is 16.9 Å². The average Bonchev–Trinajstić information content (AvgIpc) is 2.52. The van der Waals surface area contributed by atoms with Crippen LogP contribution in [0.25, 0.3) is 0 Å². The van der Waals surface area contributed by atoms with Crippen molar-refractivity contribution in [1.82, 2.24) is 0 Å². The van der Waals surface area contributed by atoms with Gasteiger partial charge in [0.2, 0.25) is 0 Å². The van der Waals surface area contributed by atoms with Gasteiger partial charge in [0, 0.05) is 18.1 Å². The molecule has 102 valence electrons. The van der Waals surface area contributed by atoms with Crippen LogP contribution in [0.2, 0.25) is 0 Å². The number of hydrogen-bond donors (Lipinski definition) is 1. The lowest BCUT2D eigenvalue weighted by molar-refractivity contribution is 0.272. The molecule has 0 saturated heterocycles. The smallest absolute Gasteiger partial charge is 0.120 e. The average molecular weight is 267 g/mol. The van der Waals surface area contributed by atoms with Gasteiger partial charge in [0.05, 0.1) is 11.6 Å². The Hall–Kier alpha value is -2.31. The SMILES string of the molecule is C[C@@H](CO)c1cccc(OCc2ccccc2C#N)c1. The Morgan fingerprint density at radius 2 is 2.00 bits per heavy atom. The zero-order valence-corrected chi connectivity index (χ0v) is 11.4. The van der Waals surface area contributed by atoms with Gasteiger partial charge in [-0.25, -0.2) is 0 Å². The van der Waals surface area contributed by atoms with Gasteiger partial charge in [0.1, 0.15) is 12.4 Å². The molecular formula is C17H17NO2. The molecule has 0 unspecified atom stereocenters. The number of aliphatic hydroxyl groups excluding tert-OH is 1. The van der Waals surface area contributed by atoms with Crippen molar-refractivity contribution in [3.63, 3.8) is 0 Å². The van der Waals surface area contributed by atoms with Gasteiger partial charge in [-0.1, -0.05) is 37.3 Å². The molecule has 0 heterocycles. The summed E-state index contributed by atoms with van der Waals surface area (Å²) in [5.41, 5.74) is 2.54. The Morgan fingerprint density at radius 1 is 1.20 bits per heavy atom. The lowest BCUT2D eigenvalue weighted by atomic mass is 10.0. The molecule has 0 saturated carbocycles. The van der Waals surface area contributed by atoms with Gasteiger partial charge in [0.25, 0.3) is 0 Å². The third-order valence-corrected chi connectivity index (χ3v) is 3.23. The van der Waals surface area contributed by atoms with E-state index in [9.17, 15) is 5.11 Å². The van der Waals surface area contributed by atoms with Gasteiger partial charge in [-0.05, 0) is 23.8 Å². The van der Waals surface area contributed by atoms with E-state index in [1.54, 1.807) is 6.07 Å². The highest BCUT2D eigenvalue weighted by Gasteiger charge is 2.06. The van der Waals surface area contributed by atoms with Crippen LogP contribution in [0.5, 0.6) is 5.75 Å².